The number of aromatic nitrogens is 2. The van der Waals surface area contributed by atoms with Gasteiger partial charge in [-0.25, -0.2) is 9.48 Å². The lowest BCUT2D eigenvalue weighted by Crippen LogP contribution is -2.48. The van der Waals surface area contributed by atoms with Gasteiger partial charge in [0.1, 0.15) is 5.56 Å². The van der Waals surface area contributed by atoms with E-state index in [0.29, 0.717) is 29.5 Å². The van der Waals surface area contributed by atoms with Crippen LogP contribution in [-0.4, -0.2) is 41.4 Å². The highest BCUT2D eigenvalue weighted by atomic mass is 16.5. The van der Waals surface area contributed by atoms with Crippen LogP contribution in [0.1, 0.15) is 29.9 Å². The van der Waals surface area contributed by atoms with Crippen molar-refractivity contribution in [1.29, 1.82) is 0 Å². The van der Waals surface area contributed by atoms with E-state index in [9.17, 15) is 9.59 Å². The molecule has 3 rings (SSSR count). The van der Waals surface area contributed by atoms with Crippen molar-refractivity contribution in [2.75, 3.05) is 25.0 Å². The number of benzene rings is 1. The number of ether oxygens (including phenoxy) is 1. The third kappa shape index (κ3) is 3.62. The fourth-order valence-electron chi connectivity index (χ4n) is 2.93. The van der Waals surface area contributed by atoms with Crippen LogP contribution < -0.4 is 10.6 Å². The van der Waals surface area contributed by atoms with Gasteiger partial charge >= 0.3 is 5.97 Å². The lowest BCUT2D eigenvalue weighted by Gasteiger charge is -2.31. The predicted molar refractivity (Wildman–Crippen MR) is 98.4 cm³/mol. The lowest BCUT2D eigenvalue weighted by molar-refractivity contribution is -0.121. The first-order valence-corrected chi connectivity index (χ1v) is 8.85. The van der Waals surface area contributed by atoms with Crippen molar-refractivity contribution in [3.8, 4) is 5.69 Å². The second kappa shape index (κ2) is 7.70. The molecular weight excluding hydrogens is 332 g/mol. The predicted octanol–water partition coefficient (Wildman–Crippen LogP) is 2.15. The van der Waals surface area contributed by atoms with Gasteiger partial charge in [-0.3, -0.25) is 4.79 Å². The molecule has 0 saturated carbocycles. The summed E-state index contributed by atoms with van der Waals surface area (Å²) >= 11 is 0. The van der Waals surface area contributed by atoms with Crippen LogP contribution in [0.25, 0.3) is 5.69 Å². The molecule has 0 bridgehead atoms. The monoisotopic (exact) mass is 356 g/mol. The van der Waals surface area contributed by atoms with E-state index in [1.165, 1.54) is 6.20 Å². The van der Waals surface area contributed by atoms with Gasteiger partial charge in [0, 0.05) is 11.6 Å². The van der Waals surface area contributed by atoms with Crippen LogP contribution in [0.3, 0.4) is 0 Å². The van der Waals surface area contributed by atoms with Crippen molar-refractivity contribution in [1.82, 2.24) is 15.1 Å². The molecule has 1 fully saturated rings. The number of esters is 1. The van der Waals surface area contributed by atoms with Crippen LogP contribution in [0.5, 0.6) is 0 Å². The van der Waals surface area contributed by atoms with Crippen LogP contribution in [0.4, 0.5) is 5.69 Å². The highest BCUT2D eigenvalue weighted by Gasteiger charge is 2.28. The summed E-state index contributed by atoms with van der Waals surface area (Å²) in [6.07, 6.45) is 1.50. The van der Waals surface area contributed by atoms with Crippen molar-refractivity contribution in [3.63, 3.8) is 0 Å². The molecule has 1 aliphatic rings. The van der Waals surface area contributed by atoms with Crippen LogP contribution >= 0.6 is 0 Å². The van der Waals surface area contributed by atoms with Crippen molar-refractivity contribution in [2.45, 2.75) is 20.8 Å². The van der Waals surface area contributed by atoms with Crippen molar-refractivity contribution in [3.05, 3.63) is 41.7 Å². The minimum absolute atomic E-state index is 0.0121. The highest BCUT2D eigenvalue weighted by Crippen LogP contribution is 2.21. The summed E-state index contributed by atoms with van der Waals surface area (Å²) in [6.45, 7) is 7.63. The number of hydrogen-bond acceptors (Lipinski definition) is 5. The van der Waals surface area contributed by atoms with Crippen molar-refractivity contribution < 1.29 is 14.3 Å². The Bertz CT molecular complexity index is 811. The molecule has 138 valence electrons. The quantitative estimate of drug-likeness (QED) is 0.775. The summed E-state index contributed by atoms with van der Waals surface area (Å²) in [7, 11) is 0. The first-order valence-electron chi connectivity index (χ1n) is 8.85. The molecule has 1 aromatic carbocycles. The van der Waals surface area contributed by atoms with E-state index in [0.717, 1.165) is 18.8 Å². The van der Waals surface area contributed by atoms with E-state index < -0.39 is 0 Å². The average molecular weight is 356 g/mol. The molecule has 0 spiro atoms. The Labute approximate surface area is 152 Å². The average Bonchev–Trinajstić information content (AvgIpc) is 2.95. The zero-order chi connectivity index (χ0) is 18.7. The Morgan fingerprint density at radius 2 is 2.19 bits per heavy atom. The maximum Gasteiger partial charge on any atom is 0.341 e. The molecule has 1 unspecified atom stereocenters. The number of carbonyl (C=O) groups excluding carboxylic acids is 2. The zero-order valence-electron chi connectivity index (χ0n) is 15.3. The molecule has 1 aliphatic heterocycles. The topological polar surface area (TPSA) is 85.2 Å². The molecule has 7 heteroatoms. The largest absolute Gasteiger partial charge is 0.462 e. The van der Waals surface area contributed by atoms with Crippen LogP contribution in [-0.2, 0) is 9.53 Å². The number of rotatable bonds is 6. The number of nitrogens with zero attached hydrogens (tertiary/aromatic N) is 2. The van der Waals surface area contributed by atoms with E-state index in [1.54, 1.807) is 11.6 Å². The lowest BCUT2D eigenvalue weighted by atomic mass is 9.88. The van der Waals surface area contributed by atoms with Crippen molar-refractivity contribution in [2.24, 2.45) is 11.8 Å². The van der Waals surface area contributed by atoms with E-state index in [-0.39, 0.29) is 17.8 Å². The van der Waals surface area contributed by atoms with Gasteiger partial charge in [-0.15, -0.1) is 0 Å². The number of carbonyl (C=O) groups is 2. The van der Waals surface area contributed by atoms with Gasteiger partial charge in [-0.2, -0.15) is 5.10 Å². The summed E-state index contributed by atoms with van der Waals surface area (Å²) in [5.74, 6) is -0.0258. The molecule has 0 aliphatic carbocycles. The summed E-state index contributed by atoms with van der Waals surface area (Å²) in [5, 5.41) is 10.4. The van der Waals surface area contributed by atoms with E-state index >= 15 is 0 Å². The summed E-state index contributed by atoms with van der Waals surface area (Å²) in [6, 6.07) is 7.42. The maximum absolute atomic E-state index is 12.4. The molecule has 1 atom stereocenters. The minimum atomic E-state index is -0.386. The Kier molecular flexibility index (Phi) is 5.37. The third-order valence-corrected chi connectivity index (χ3v) is 4.80. The molecule has 2 aromatic rings. The van der Waals surface area contributed by atoms with Gasteiger partial charge in [0.25, 0.3) is 0 Å². The summed E-state index contributed by atoms with van der Waals surface area (Å²) in [4.78, 5) is 24.4. The minimum Gasteiger partial charge on any atom is -0.462 e. The Balaban J connectivity index is 1.77. The summed E-state index contributed by atoms with van der Waals surface area (Å²) in [5.41, 5.74) is 2.61. The molecule has 2 heterocycles. The third-order valence-electron chi connectivity index (χ3n) is 4.80. The SMILES string of the molecule is CCOC(=O)c1cnn(-c2cccc(NC(=O)C(C)C3CNC3)c2)c1C. The number of hydrogen-bond donors (Lipinski definition) is 2. The van der Waals surface area contributed by atoms with Crippen LogP contribution in [0, 0.1) is 18.8 Å². The number of anilines is 1. The highest BCUT2D eigenvalue weighted by molar-refractivity contribution is 5.93. The molecule has 1 saturated heterocycles. The standard InChI is InChI=1S/C19H24N4O3/c1-4-26-19(25)17-11-21-23(13(17)3)16-7-5-6-15(8-16)22-18(24)12(2)14-9-20-10-14/h5-8,11-12,14,20H,4,9-10H2,1-3H3,(H,22,24). The molecular formula is C19H24N4O3. The second-order valence-electron chi connectivity index (χ2n) is 6.52. The molecule has 7 nitrogen and oxygen atoms in total. The van der Waals surface area contributed by atoms with Crippen LogP contribution in [0.2, 0.25) is 0 Å². The Morgan fingerprint density at radius 3 is 2.85 bits per heavy atom. The van der Waals surface area contributed by atoms with E-state index in [1.807, 2.05) is 38.1 Å². The Morgan fingerprint density at radius 1 is 1.42 bits per heavy atom. The van der Waals surface area contributed by atoms with E-state index in [4.69, 9.17) is 4.74 Å². The smallest absolute Gasteiger partial charge is 0.341 e. The van der Waals surface area contributed by atoms with Crippen LogP contribution in [0.15, 0.2) is 30.5 Å². The molecule has 1 aromatic heterocycles. The number of nitrogens with one attached hydrogen (secondary N) is 2. The second-order valence-corrected chi connectivity index (χ2v) is 6.52. The summed E-state index contributed by atoms with van der Waals surface area (Å²) < 4.78 is 6.71. The fraction of sp³-hybridized carbons (Fsp3) is 0.421. The molecule has 26 heavy (non-hydrogen) atoms. The van der Waals surface area contributed by atoms with Gasteiger partial charge in [0.2, 0.25) is 5.91 Å². The van der Waals surface area contributed by atoms with Gasteiger partial charge < -0.3 is 15.4 Å². The number of amides is 1. The van der Waals surface area contributed by atoms with Gasteiger partial charge in [0.05, 0.1) is 24.2 Å². The Hall–Kier alpha value is -2.67. The molecule has 0 radical (unpaired) electrons. The zero-order valence-corrected chi connectivity index (χ0v) is 15.3. The molecule has 2 N–H and O–H groups in total. The fourth-order valence-corrected chi connectivity index (χ4v) is 2.93. The molecule has 1 amide bonds. The first kappa shape index (κ1) is 18.1. The van der Waals surface area contributed by atoms with E-state index in [2.05, 4.69) is 15.7 Å². The van der Waals surface area contributed by atoms with Gasteiger partial charge in [-0.1, -0.05) is 13.0 Å². The van der Waals surface area contributed by atoms with Gasteiger partial charge in [0.15, 0.2) is 0 Å². The maximum atomic E-state index is 12.4. The first-order chi connectivity index (χ1) is 12.5. The van der Waals surface area contributed by atoms with Crippen molar-refractivity contribution >= 4 is 17.6 Å². The normalized spacial score (nSPS) is 15.2. The van der Waals surface area contributed by atoms with Gasteiger partial charge in [-0.05, 0) is 51.1 Å².